The number of fused-ring (bicyclic) bond motifs is 12. The molecular formula is C68H68N8O8. The second kappa shape index (κ2) is 22.7. The van der Waals surface area contributed by atoms with Crippen LogP contribution in [0.25, 0.3) is 43.6 Å². The zero-order valence-electron chi connectivity index (χ0n) is 48.2. The monoisotopic (exact) mass is 1120 g/mol. The van der Waals surface area contributed by atoms with E-state index in [4.69, 9.17) is 48.4 Å². The third-order valence-electron chi connectivity index (χ3n) is 17.3. The van der Waals surface area contributed by atoms with E-state index in [0.29, 0.717) is 37.2 Å². The standard InChI is InChI=1S/2C34H34N4O4/c1-40-20-5-8-24-26-10-12-35-30(33(26)37-28(24)16-20)14-19(23-7-4-22(42-3)18-32(23)39)15-31-34-27(11-13-36-31)25-9-6-21(41-2)17-29(25)38-34;1-40-22-4-6-25-27-8-10-35-31(33(27)37-29(25)17-22)14-20(19-12-21(39)16-24(13-19)42-3)15-32-34-28(9-11-36-32)26-7-5-23(41-2)18-30(26)38-34/h4-9,16-19,37-39H,10-15H2,1-3H3;4-7,12-13,16-18,20,37-39H,8-11,14-15H2,1-3H3. The molecule has 14 rings (SSSR count). The third-order valence-corrected chi connectivity index (χ3v) is 17.3. The molecule has 4 aromatic heterocycles. The molecule has 84 heavy (non-hydrogen) atoms. The molecule has 10 aromatic rings. The van der Waals surface area contributed by atoms with E-state index in [1.807, 2.05) is 72.8 Å². The molecule has 0 aliphatic carbocycles. The van der Waals surface area contributed by atoms with Crippen LogP contribution in [0.15, 0.2) is 129 Å². The van der Waals surface area contributed by atoms with E-state index in [-0.39, 0.29) is 23.3 Å². The number of H-pyrrole nitrogens is 4. The molecule has 4 aliphatic rings. The number of nitrogens with one attached hydrogen (secondary N) is 4. The quantitative estimate of drug-likeness (QED) is 0.0547. The van der Waals surface area contributed by atoms with Crippen LogP contribution in [0.4, 0.5) is 0 Å². The second-order valence-electron chi connectivity index (χ2n) is 22.0. The lowest BCUT2D eigenvalue weighted by Gasteiger charge is -2.24. The zero-order valence-corrected chi connectivity index (χ0v) is 48.2. The maximum absolute atomic E-state index is 11.2. The number of aromatic nitrogens is 4. The number of nitrogens with zero attached hydrogens (tertiary/aromatic N) is 4. The van der Waals surface area contributed by atoms with Gasteiger partial charge in [-0.15, -0.1) is 0 Å². The number of ether oxygens (including phenoxy) is 6. The van der Waals surface area contributed by atoms with Crippen molar-refractivity contribution >= 4 is 66.5 Å². The Bertz CT molecular complexity index is 4090. The number of hydrogen-bond acceptors (Lipinski definition) is 12. The average Bonchev–Trinajstić information content (AvgIpc) is 4.52. The van der Waals surface area contributed by atoms with Crippen LogP contribution < -0.4 is 28.4 Å². The highest BCUT2D eigenvalue weighted by molar-refractivity contribution is 6.11. The van der Waals surface area contributed by atoms with Crippen molar-refractivity contribution < 1.29 is 38.6 Å². The lowest BCUT2D eigenvalue weighted by Crippen LogP contribution is -2.20. The van der Waals surface area contributed by atoms with Crippen LogP contribution in [0.2, 0.25) is 0 Å². The molecule has 0 spiro atoms. The SMILES string of the molecule is COc1cc(O)cc(C(CC2=NCCc3c2[nH]c2cc(OC)ccc32)CC2=NCCc3c2[nH]c2cc(OC)ccc32)c1.COc1ccc(C(CC2=NCCc3c2[nH]c2cc(OC)ccc32)CC2=NCCc3c2[nH]c2cc(OC)ccc32)c(O)c1. The fourth-order valence-electron chi connectivity index (χ4n) is 13.2. The smallest absolute Gasteiger partial charge is 0.122 e. The van der Waals surface area contributed by atoms with Gasteiger partial charge in [-0.3, -0.25) is 20.0 Å². The first-order valence-corrected chi connectivity index (χ1v) is 28.7. The van der Waals surface area contributed by atoms with Gasteiger partial charge in [0, 0.05) is 106 Å². The number of aromatic amines is 4. The van der Waals surface area contributed by atoms with Crippen molar-refractivity contribution in [3.63, 3.8) is 0 Å². The summed E-state index contributed by atoms with van der Waals surface area (Å²) in [7, 11) is 9.98. The molecule has 0 saturated carbocycles. The van der Waals surface area contributed by atoms with Gasteiger partial charge in [-0.2, -0.15) is 0 Å². The Hall–Kier alpha value is -9.44. The highest BCUT2D eigenvalue weighted by atomic mass is 16.5. The summed E-state index contributed by atoms with van der Waals surface area (Å²) in [6, 6.07) is 35.8. The Balaban J connectivity index is 0.000000157. The lowest BCUT2D eigenvalue weighted by molar-refractivity contribution is 0.405. The highest BCUT2D eigenvalue weighted by Crippen LogP contribution is 2.42. The fraction of sp³-hybridized carbons (Fsp3) is 0.294. The van der Waals surface area contributed by atoms with E-state index < -0.39 is 0 Å². The Morgan fingerprint density at radius 1 is 0.369 bits per heavy atom. The second-order valence-corrected chi connectivity index (χ2v) is 22.0. The zero-order chi connectivity index (χ0) is 57.6. The predicted octanol–water partition coefficient (Wildman–Crippen LogP) is 12.7. The van der Waals surface area contributed by atoms with Crippen LogP contribution in [-0.4, -0.2) is 122 Å². The number of phenolic OH excluding ortho intramolecular Hbond substituents is 2. The summed E-state index contributed by atoms with van der Waals surface area (Å²) in [6.45, 7) is 2.95. The highest BCUT2D eigenvalue weighted by Gasteiger charge is 2.31. The predicted molar refractivity (Wildman–Crippen MR) is 333 cm³/mol. The number of aliphatic imine (C=N–C) groups is 4. The van der Waals surface area contributed by atoms with Gasteiger partial charge in [0.2, 0.25) is 0 Å². The van der Waals surface area contributed by atoms with Crippen molar-refractivity contribution in [2.24, 2.45) is 20.0 Å². The number of hydrogen-bond donors (Lipinski definition) is 6. The molecule has 6 N–H and O–H groups in total. The molecule has 428 valence electrons. The van der Waals surface area contributed by atoms with Crippen molar-refractivity contribution in [1.29, 1.82) is 0 Å². The first-order valence-electron chi connectivity index (χ1n) is 28.7. The van der Waals surface area contributed by atoms with Gasteiger partial charge in [0.15, 0.2) is 0 Å². The summed E-state index contributed by atoms with van der Waals surface area (Å²) >= 11 is 0. The normalized spacial score (nSPS) is 14.5. The van der Waals surface area contributed by atoms with Gasteiger partial charge in [-0.1, -0.05) is 6.07 Å². The molecule has 0 radical (unpaired) electrons. The summed E-state index contributed by atoms with van der Waals surface area (Å²) < 4.78 is 32.8. The molecule has 0 amide bonds. The van der Waals surface area contributed by atoms with Gasteiger partial charge in [0.05, 0.1) is 88.3 Å². The Morgan fingerprint density at radius 3 is 1.02 bits per heavy atom. The number of aromatic hydroxyl groups is 2. The molecular weight excluding hydrogens is 1060 g/mol. The van der Waals surface area contributed by atoms with E-state index in [1.54, 1.807) is 54.8 Å². The average molecular weight is 1130 g/mol. The first kappa shape index (κ1) is 53.8. The summed E-state index contributed by atoms with van der Waals surface area (Å²) in [4.78, 5) is 34.7. The third kappa shape index (κ3) is 10.1. The lowest BCUT2D eigenvalue weighted by atomic mass is 9.84. The van der Waals surface area contributed by atoms with Gasteiger partial charge < -0.3 is 58.6 Å². The molecule has 16 heteroatoms. The Morgan fingerprint density at radius 2 is 0.690 bits per heavy atom. The summed E-state index contributed by atoms with van der Waals surface area (Å²) in [5.41, 5.74) is 19.7. The Kier molecular flexibility index (Phi) is 14.6. The van der Waals surface area contributed by atoms with Crippen molar-refractivity contribution in [2.75, 3.05) is 68.8 Å². The molecule has 0 atom stereocenters. The maximum Gasteiger partial charge on any atom is 0.122 e. The molecule has 16 nitrogen and oxygen atoms in total. The van der Waals surface area contributed by atoms with Gasteiger partial charge in [-0.05, 0) is 163 Å². The molecule has 0 saturated heterocycles. The van der Waals surface area contributed by atoms with E-state index in [9.17, 15) is 10.2 Å². The molecule has 4 aliphatic heterocycles. The number of methoxy groups -OCH3 is 6. The van der Waals surface area contributed by atoms with Gasteiger partial charge >= 0.3 is 0 Å². The van der Waals surface area contributed by atoms with Gasteiger partial charge in [-0.25, -0.2) is 0 Å². The minimum Gasteiger partial charge on any atom is -0.508 e. The number of rotatable bonds is 16. The van der Waals surface area contributed by atoms with Crippen LogP contribution >= 0.6 is 0 Å². The number of phenols is 2. The summed E-state index contributed by atoms with van der Waals surface area (Å²) in [6.07, 6.45) is 6.24. The molecule has 6 aromatic carbocycles. The van der Waals surface area contributed by atoms with Crippen molar-refractivity contribution in [3.8, 4) is 46.0 Å². The van der Waals surface area contributed by atoms with Crippen LogP contribution in [0.5, 0.6) is 46.0 Å². The topological polar surface area (TPSA) is 208 Å². The van der Waals surface area contributed by atoms with Crippen LogP contribution in [0.3, 0.4) is 0 Å². The van der Waals surface area contributed by atoms with E-state index in [0.717, 1.165) is 154 Å². The largest absolute Gasteiger partial charge is 0.508 e. The van der Waals surface area contributed by atoms with E-state index in [2.05, 4.69) is 44.2 Å². The number of benzene rings is 6. The molecule has 0 fully saturated rings. The van der Waals surface area contributed by atoms with E-state index >= 15 is 0 Å². The summed E-state index contributed by atoms with van der Waals surface area (Å²) in [5.74, 6) is 4.89. The van der Waals surface area contributed by atoms with Crippen molar-refractivity contribution in [3.05, 3.63) is 165 Å². The first-order chi connectivity index (χ1) is 41.1. The van der Waals surface area contributed by atoms with Gasteiger partial charge in [0.1, 0.15) is 46.0 Å². The van der Waals surface area contributed by atoms with E-state index in [1.165, 1.54) is 43.8 Å². The molecule has 8 heterocycles. The summed E-state index contributed by atoms with van der Waals surface area (Å²) in [5, 5.41) is 26.6. The Labute approximate surface area is 486 Å². The maximum atomic E-state index is 11.2. The van der Waals surface area contributed by atoms with Crippen LogP contribution in [0.1, 0.15) is 93.7 Å². The molecule has 0 bridgehead atoms. The van der Waals surface area contributed by atoms with Crippen LogP contribution in [0, 0.1) is 0 Å². The minimum absolute atomic E-state index is 0.00213. The van der Waals surface area contributed by atoms with Gasteiger partial charge in [0.25, 0.3) is 0 Å². The van der Waals surface area contributed by atoms with Crippen molar-refractivity contribution in [1.82, 2.24) is 19.9 Å². The fourth-order valence-corrected chi connectivity index (χ4v) is 13.2. The van der Waals surface area contributed by atoms with Crippen LogP contribution in [-0.2, 0) is 25.7 Å². The minimum atomic E-state index is -0.0628. The molecule has 0 unspecified atom stereocenters. The van der Waals surface area contributed by atoms with Crippen molar-refractivity contribution in [2.45, 2.75) is 63.2 Å².